The monoisotopic (exact) mass is 401 g/mol. The van der Waals surface area contributed by atoms with Gasteiger partial charge in [0.2, 0.25) is 0 Å². The normalized spacial score (nSPS) is 12.4. The molecule has 28 heavy (non-hydrogen) atoms. The van der Waals surface area contributed by atoms with Gasteiger partial charge in [-0.1, -0.05) is 50.2 Å². The average molecular weight is 401 g/mol. The van der Waals surface area contributed by atoms with Crippen molar-refractivity contribution in [3.05, 3.63) is 60.3 Å². The van der Waals surface area contributed by atoms with Crippen LogP contribution in [-0.4, -0.2) is 35.6 Å². The number of methoxy groups -OCH3 is 2. The second-order valence-electron chi connectivity index (χ2n) is 6.09. The SMILES string of the molecule is COC(=O)/C=C(/Nc1ccccc1-c1ccccc1S(=O)C(C)C)C(=O)OC. The largest absolute Gasteiger partial charge is 0.466 e. The standard InChI is InChI=1S/C21H23NO5S/c1-14(2)28(25)19-12-8-6-10-16(19)15-9-5-7-11-17(15)22-18(21(24)27-4)13-20(23)26-3/h5-14,22H,1-4H3/b18-13+. The van der Waals surface area contributed by atoms with Gasteiger partial charge >= 0.3 is 11.9 Å². The third-order valence-corrected chi connectivity index (χ3v) is 5.53. The topological polar surface area (TPSA) is 81.7 Å². The van der Waals surface area contributed by atoms with Gasteiger partial charge < -0.3 is 14.8 Å². The Balaban J connectivity index is 2.55. The first-order valence-corrected chi connectivity index (χ1v) is 9.84. The number of carbonyl (C=O) groups excluding carboxylic acids is 2. The van der Waals surface area contributed by atoms with Crippen molar-refractivity contribution in [3.8, 4) is 11.1 Å². The van der Waals surface area contributed by atoms with Crippen LogP contribution in [0.15, 0.2) is 65.2 Å². The van der Waals surface area contributed by atoms with Crippen LogP contribution in [0.5, 0.6) is 0 Å². The molecule has 0 aliphatic carbocycles. The number of benzene rings is 2. The molecule has 7 heteroatoms. The molecule has 1 N–H and O–H groups in total. The van der Waals surface area contributed by atoms with E-state index in [1.165, 1.54) is 14.2 Å². The lowest BCUT2D eigenvalue weighted by Gasteiger charge is -2.17. The maximum atomic E-state index is 12.8. The van der Waals surface area contributed by atoms with Gasteiger partial charge in [0.25, 0.3) is 0 Å². The smallest absolute Gasteiger partial charge is 0.354 e. The molecular weight excluding hydrogens is 378 g/mol. The highest BCUT2D eigenvalue weighted by Gasteiger charge is 2.18. The fourth-order valence-electron chi connectivity index (χ4n) is 2.52. The maximum Gasteiger partial charge on any atom is 0.354 e. The lowest BCUT2D eigenvalue weighted by molar-refractivity contribution is -0.138. The summed E-state index contributed by atoms with van der Waals surface area (Å²) < 4.78 is 22.1. The van der Waals surface area contributed by atoms with E-state index in [1.54, 1.807) is 12.1 Å². The Kier molecular flexibility index (Phi) is 7.52. The van der Waals surface area contributed by atoms with E-state index in [0.717, 1.165) is 17.2 Å². The molecule has 2 rings (SSSR count). The highest BCUT2D eigenvalue weighted by molar-refractivity contribution is 7.85. The van der Waals surface area contributed by atoms with E-state index in [9.17, 15) is 13.8 Å². The van der Waals surface area contributed by atoms with Crippen LogP contribution < -0.4 is 5.32 Å². The second-order valence-corrected chi connectivity index (χ2v) is 8.06. The molecule has 0 saturated heterocycles. The molecule has 0 bridgehead atoms. The summed E-state index contributed by atoms with van der Waals surface area (Å²) in [4.78, 5) is 24.4. The number of hydrogen-bond acceptors (Lipinski definition) is 6. The Morgan fingerprint density at radius 3 is 2.18 bits per heavy atom. The van der Waals surface area contributed by atoms with Crippen LogP contribution in [0, 0.1) is 0 Å². The van der Waals surface area contributed by atoms with Crippen molar-refractivity contribution in [2.45, 2.75) is 24.0 Å². The molecule has 0 heterocycles. The number of carbonyl (C=O) groups is 2. The van der Waals surface area contributed by atoms with Crippen molar-refractivity contribution in [2.24, 2.45) is 0 Å². The average Bonchev–Trinajstić information content (AvgIpc) is 2.72. The summed E-state index contributed by atoms with van der Waals surface area (Å²) >= 11 is 0. The summed E-state index contributed by atoms with van der Waals surface area (Å²) in [5, 5.41) is 2.89. The molecule has 0 radical (unpaired) electrons. The number of ether oxygens (including phenoxy) is 2. The molecule has 0 amide bonds. The van der Waals surface area contributed by atoms with E-state index in [4.69, 9.17) is 4.74 Å². The van der Waals surface area contributed by atoms with Crippen LogP contribution in [0.4, 0.5) is 5.69 Å². The second kappa shape index (κ2) is 9.85. The van der Waals surface area contributed by atoms with E-state index < -0.39 is 22.7 Å². The summed E-state index contributed by atoms with van der Waals surface area (Å²) in [6, 6.07) is 14.7. The fraction of sp³-hybridized carbons (Fsp3) is 0.238. The van der Waals surface area contributed by atoms with E-state index in [2.05, 4.69) is 10.1 Å². The Morgan fingerprint density at radius 1 is 0.964 bits per heavy atom. The van der Waals surface area contributed by atoms with Crippen molar-refractivity contribution in [1.29, 1.82) is 0 Å². The zero-order valence-electron chi connectivity index (χ0n) is 16.2. The Hall–Kier alpha value is -2.93. The van der Waals surface area contributed by atoms with Crippen molar-refractivity contribution in [1.82, 2.24) is 0 Å². The van der Waals surface area contributed by atoms with Crippen LogP contribution in [0.25, 0.3) is 11.1 Å². The Labute approximate surface area is 167 Å². The summed E-state index contributed by atoms with van der Waals surface area (Å²) in [6.07, 6.45) is 1.03. The van der Waals surface area contributed by atoms with E-state index in [-0.39, 0.29) is 10.9 Å². The lowest BCUT2D eigenvalue weighted by Crippen LogP contribution is -2.16. The number of anilines is 1. The molecule has 0 aliphatic heterocycles. The minimum Gasteiger partial charge on any atom is -0.466 e. The third-order valence-electron chi connectivity index (χ3n) is 3.89. The first-order valence-electron chi connectivity index (χ1n) is 8.63. The van der Waals surface area contributed by atoms with Gasteiger partial charge in [-0.05, 0) is 17.7 Å². The Morgan fingerprint density at radius 2 is 1.57 bits per heavy atom. The number of hydrogen-bond donors (Lipinski definition) is 1. The molecule has 0 aliphatic rings. The number of para-hydroxylation sites is 1. The number of esters is 2. The molecular formula is C21H23NO5S. The zero-order valence-corrected chi connectivity index (χ0v) is 17.0. The van der Waals surface area contributed by atoms with Gasteiger partial charge in [0.05, 0.1) is 31.1 Å². The van der Waals surface area contributed by atoms with Gasteiger partial charge in [0, 0.05) is 21.4 Å². The molecule has 2 aromatic rings. The molecule has 0 aromatic heterocycles. The predicted octanol–water partition coefficient (Wildman–Crippen LogP) is 3.51. The highest BCUT2D eigenvalue weighted by Crippen LogP contribution is 2.33. The molecule has 148 valence electrons. The molecule has 6 nitrogen and oxygen atoms in total. The van der Waals surface area contributed by atoms with Crippen LogP contribution >= 0.6 is 0 Å². The van der Waals surface area contributed by atoms with Crippen molar-refractivity contribution < 1.29 is 23.3 Å². The molecule has 0 saturated carbocycles. The van der Waals surface area contributed by atoms with Gasteiger partial charge in [0.1, 0.15) is 5.70 Å². The third kappa shape index (κ3) is 5.07. The predicted molar refractivity (Wildman–Crippen MR) is 109 cm³/mol. The van der Waals surface area contributed by atoms with Crippen LogP contribution in [0.3, 0.4) is 0 Å². The van der Waals surface area contributed by atoms with Crippen LogP contribution in [0.2, 0.25) is 0 Å². The summed E-state index contributed by atoms with van der Waals surface area (Å²) in [5.74, 6) is -1.40. The minimum atomic E-state index is -1.20. The number of nitrogens with one attached hydrogen (secondary N) is 1. The molecule has 0 spiro atoms. The van der Waals surface area contributed by atoms with Gasteiger partial charge in [-0.2, -0.15) is 0 Å². The van der Waals surface area contributed by atoms with Crippen molar-refractivity contribution >= 4 is 28.4 Å². The Bertz CT molecular complexity index is 921. The van der Waals surface area contributed by atoms with Gasteiger partial charge in [-0.25, -0.2) is 9.59 Å². The van der Waals surface area contributed by atoms with Gasteiger partial charge in [0.15, 0.2) is 0 Å². The summed E-state index contributed by atoms with van der Waals surface area (Å²) in [6.45, 7) is 3.79. The molecule has 2 aromatic carbocycles. The van der Waals surface area contributed by atoms with Crippen LogP contribution in [-0.2, 0) is 29.9 Å². The highest BCUT2D eigenvalue weighted by atomic mass is 32.2. The number of rotatable bonds is 7. The molecule has 1 atom stereocenters. The lowest BCUT2D eigenvalue weighted by atomic mass is 10.0. The van der Waals surface area contributed by atoms with E-state index in [0.29, 0.717) is 10.6 Å². The van der Waals surface area contributed by atoms with E-state index in [1.807, 2.05) is 50.2 Å². The minimum absolute atomic E-state index is 0.0499. The first kappa shape index (κ1) is 21.4. The van der Waals surface area contributed by atoms with Gasteiger partial charge in [-0.3, -0.25) is 4.21 Å². The fourth-order valence-corrected chi connectivity index (χ4v) is 3.64. The molecule has 1 unspecified atom stereocenters. The van der Waals surface area contributed by atoms with Crippen molar-refractivity contribution in [2.75, 3.05) is 19.5 Å². The molecule has 0 fully saturated rings. The quantitative estimate of drug-likeness (QED) is 0.565. The maximum absolute atomic E-state index is 12.8. The van der Waals surface area contributed by atoms with Crippen LogP contribution in [0.1, 0.15) is 13.8 Å². The van der Waals surface area contributed by atoms with Gasteiger partial charge in [-0.15, -0.1) is 0 Å². The summed E-state index contributed by atoms with van der Waals surface area (Å²) in [5.41, 5.74) is 2.02. The van der Waals surface area contributed by atoms with Crippen molar-refractivity contribution in [3.63, 3.8) is 0 Å². The first-order chi connectivity index (χ1) is 13.4. The van der Waals surface area contributed by atoms with E-state index >= 15 is 0 Å². The zero-order chi connectivity index (χ0) is 20.7. The summed E-state index contributed by atoms with van der Waals surface area (Å²) in [7, 11) is 1.25.